The molecule has 0 atom stereocenters. The van der Waals surface area contributed by atoms with Crippen molar-refractivity contribution in [2.45, 2.75) is 12.8 Å². The molecule has 0 aliphatic heterocycles. The Morgan fingerprint density at radius 2 is 1.73 bits per heavy atom. The maximum atomic E-state index is 5.94. The van der Waals surface area contributed by atoms with Gasteiger partial charge in [-0.1, -0.05) is 17.7 Å². The highest BCUT2D eigenvalue weighted by Gasteiger charge is 2.05. The van der Waals surface area contributed by atoms with Crippen molar-refractivity contribution in [2.75, 3.05) is 34.4 Å². The molecule has 2 rings (SSSR count). The minimum Gasteiger partial charge on any atom is -0.493 e. The van der Waals surface area contributed by atoms with E-state index in [1.165, 1.54) is 10.4 Å². The Kier molecular flexibility index (Phi) is 10.8. The second-order valence-electron chi connectivity index (χ2n) is 5.32. The van der Waals surface area contributed by atoms with E-state index in [1.54, 1.807) is 32.6 Å². The van der Waals surface area contributed by atoms with Crippen LogP contribution in [0, 0.1) is 0 Å². The number of hydrogen-bond donors (Lipinski definition) is 2. The van der Waals surface area contributed by atoms with Crippen molar-refractivity contribution in [3.63, 3.8) is 0 Å². The Bertz CT molecular complexity index is 709. The van der Waals surface area contributed by atoms with Crippen LogP contribution in [0.3, 0.4) is 0 Å². The van der Waals surface area contributed by atoms with Gasteiger partial charge in [-0.2, -0.15) is 0 Å². The van der Waals surface area contributed by atoms with Crippen molar-refractivity contribution in [1.29, 1.82) is 0 Å². The van der Waals surface area contributed by atoms with E-state index in [1.807, 2.05) is 24.3 Å². The molecule has 1 heterocycles. The summed E-state index contributed by atoms with van der Waals surface area (Å²) < 4.78 is 11.4. The lowest BCUT2D eigenvalue weighted by Gasteiger charge is -2.12. The highest BCUT2D eigenvalue weighted by atomic mass is 127. The summed E-state index contributed by atoms with van der Waals surface area (Å²) in [5, 5.41) is 6.63. The lowest BCUT2D eigenvalue weighted by molar-refractivity contribution is 0.354. The van der Waals surface area contributed by atoms with E-state index in [2.05, 4.69) is 21.7 Å². The van der Waals surface area contributed by atoms with Gasteiger partial charge in [0, 0.05) is 25.0 Å². The Balaban J connectivity index is 0.00000338. The number of hydrogen-bond acceptors (Lipinski definition) is 4. The first-order valence-electron chi connectivity index (χ1n) is 8.06. The summed E-state index contributed by atoms with van der Waals surface area (Å²) in [4.78, 5) is 5.51. The largest absolute Gasteiger partial charge is 0.493 e. The van der Waals surface area contributed by atoms with Crippen molar-refractivity contribution >= 4 is 52.9 Å². The van der Waals surface area contributed by atoms with Gasteiger partial charge in [-0.25, -0.2) is 0 Å². The van der Waals surface area contributed by atoms with Crippen molar-refractivity contribution in [2.24, 2.45) is 4.99 Å². The number of nitrogens with one attached hydrogen (secondary N) is 2. The lowest BCUT2D eigenvalue weighted by atomic mass is 10.1. The molecule has 5 nitrogen and oxygen atoms in total. The van der Waals surface area contributed by atoms with Gasteiger partial charge in [0.05, 0.1) is 18.6 Å². The number of rotatable bonds is 8. The fourth-order valence-corrected chi connectivity index (χ4v) is 3.46. The molecule has 0 fully saturated rings. The molecule has 144 valence electrons. The highest BCUT2D eigenvalue weighted by molar-refractivity contribution is 14.0. The van der Waals surface area contributed by atoms with E-state index in [4.69, 9.17) is 21.1 Å². The molecule has 0 saturated carbocycles. The first-order chi connectivity index (χ1) is 12.2. The monoisotopic (exact) mass is 509 g/mol. The zero-order chi connectivity index (χ0) is 18.1. The zero-order valence-corrected chi connectivity index (χ0v) is 19.1. The van der Waals surface area contributed by atoms with Crippen LogP contribution < -0.4 is 20.1 Å². The van der Waals surface area contributed by atoms with E-state index in [0.29, 0.717) is 0 Å². The van der Waals surface area contributed by atoms with E-state index in [9.17, 15) is 0 Å². The van der Waals surface area contributed by atoms with Crippen LogP contribution in [-0.4, -0.2) is 40.3 Å². The summed E-state index contributed by atoms with van der Waals surface area (Å²) in [7, 11) is 5.05. The molecule has 2 N–H and O–H groups in total. The predicted octanol–water partition coefficient (Wildman–Crippen LogP) is 3.99. The lowest BCUT2D eigenvalue weighted by Crippen LogP contribution is -2.39. The number of benzene rings is 1. The smallest absolute Gasteiger partial charge is 0.190 e. The van der Waals surface area contributed by atoms with Gasteiger partial charge in [0.25, 0.3) is 0 Å². The predicted molar refractivity (Wildman–Crippen MR) is 121 cm³/mol. The molecule has 1 aromatic carbocycles. The van der Waals surface area contributed by atoms with Gasteiger partial charge in [-0.15, -0.1) is 35.3 Å². The molecule has 0 bridgehead atoms. The van der Waals surface area contributed by atoms with Gasteiger partial charge in [-0.3, -0.25) is 4.99 Å². The van der Waals surface area contributed by atoms with Crippen LogP contribution in [-0.2, 0) is 12.8 Å². The summed E-state index contributed by atoms with van der Waals surface area (Å²) in [5.41, 5.74) is 1.17. The number of nitrogens with zero attached hydrogens (tertiary/aromatic N) is 1. The first-order valence-corrected chi connectivity index (χ1v) is 9.25. The molecule has 0 aliphatic rings. The first kappa shape index (κ1) is 22.9. The molecule has 0 spiro atoms. The summed E-state index contributed by atoms with van der Waals surface area (Å²) in [6.07, 6.45) is 1.79. The van der Waals surface area contributed by atoms with Crippen LogP contribution in [0.4, 0.5) is 0 Å². The molecular weight excluding hydrogens is 485 g/mol. The van der Waals surface area contributed by atoms with Crippen molar-refractivity contribution in [3.05, 3.63) is 45.1 Å². The van der Waals surface area contributed by atoms with E-state index < -0.39 is 0 Å². The Morgan fingerprint density at radius 3 is 2.31 bits per heavy atom. The van der Waals surface area contributed by atoms with Crippen LogP contribution >= 0.6 is 46.9 Å². The maximum Gasteiger partial charge on any atom is 0.190 e. The summed E-state index contributed by atoms with van der Waals surface area (Å²) in [6.45, 7) is 1.59. The number of methoxy groups -OCH3 is 2. The quantitative estimate of drug-likeness (QED) is 0.321. The van der Waals surface area contributed by atoms with Crippen LogP contribution in [0.2, 0.25) is 4.34 Å². The molecule has 26 heavy (non-hydrogen) atoms. The molecule has 8 heteroatoms. The normalized spacial score (nSPS) is 10.8. The third-order valence-corrected chi connectivity index (χ3v) is 4.96. The number of guanidine groups is 1. The fourth-order valence-electron chi connectivity index (χ4n) is 2.37. The van der Waals surface area contributed by atoms with E-state index in [0.717, 1.165) is 47.7 Å². The molecule has 0 radical (unpaired) electrons. The van der Waals surface area contributed by atoms with Crippen LogP contribution in [0.25, 0.3) is 0 Å². The number of halogens is 2. The maximum absolute atomic E-state index is 5.94. The summed E-state index contributed by atoms with van der Waals surface area (Å²) >= 11 is 7.55. The van der Waals surface area contributed by atoms with Crippen LogP contribution in [0.5, 0.6) is 11.5 Å². The average molecular weight is 510 g/mol. The topological polar surface area (TPSA) is 54.9 Å². The Hall–Kier alpha value is -1.19. The molecular formula is C18H25ClIN3O2S. The van der Waals surface area contributed by atoms with E-state index >= 15 is 0 Å². The molecule has 1 aromatic heterocycles. The van der Waals surface area contributed by atoms with Crippen LogP contribution in [0.1, 0.15) is 10.4 Å². The molecule has 2 aromatic rings. The zero-order valence-electron chi connectivity index (χ0n) is 15.2. The summed E-state index contributed by atoms with van der Waals surface area (Å²) in [6, 6.07) is 9.95. The second kappa shape index (κ2) is 12.2. The van der Waals surface area contributed by atoms with Gasteiger partial charge in [-0.05, 0) is 42.7 Å². The van der Waals surface area contributed by atoms with Gasteiger partial charge in [0.15, 0.2) is 17.5 Å². The third-order valence-electron chi connectivity index (χ3n) is 3.67. The summed E-state index contributed by atoms with van der Waals surface area (Å²) in [5.74, 6) is 2.28. The second-order valence-corrected chi connectivity index (χ2v) is 7.12. The van der Waals surface area contributed by atoms with Gasteiger partial charge in [0.1, 0.15) is 0 Å². The van der Waals surface area contributed by atoms with E-state index in [-0.39, 0.29) is 24.0 Å². The Morgan fingerprint density at radius 1 is 1.04 bits per heavy atom. The van der Waals surface area contributed by atoms with Crippen molar-refractivity contribution in [1.82, 2.24) is 10.6 Å². The third kappa shape index (κ3) is 7.20. The van der Waals surface area contributed by atoms with Gasteiger partial charge in [0.2, 0.25) is 0 Å². The highest BCUT2D eigenvalue weighted by Crippen LogP contribution is 2.27. The van der Waals surface area contributed by atoms with Crippen molar-refractivity contribution < 1.29 is 9.47 Å². The standard InChI is InChI=1S/C18H24ClN3O2S.HI/c1-20-18(22-11-9-14-5-7-17(19)25-14)21-10-8-13-4-6-15(23-2)16(12-13)24-3;/h4-7,12H,8-11H2,1-3H3,(H2,20,21,22);1H. The minimum atomic E-state index is 0. The molecule has 0 amide bonds. The number of aliphatic imine (C=N–C) groups is 1. The van der Waals surface area contributed by atoms with Gasteiger partial charge >= 0.3 is 0 Å². The number of ether oxygens (including phenoxy) is 2. The van der Waals surface area contributed by atoms with Crippen molar-refractivity contribution in [3.8, 4) is 11.5 Å². The minimum absolute atomic E-state index is 0. The molecule has 0 aliphatic carbocycles. The molecule has 0 unspecified atom stereocenters. The Labute approximate surface area is 181 Å². The fraction of sp³-hybridized carbons (Fsp3) is 0.389. The SMILES string of the molecule is CN=C(NCCc1ccc(OC)c(OC)c1)NCCc1ccc(Cl)s1.I. The van der Waals surface area contributed by atoms with Crippen LogP contribution in [0.15, 0.2) is 35.3 Å². The number of thiophene rings is 1. The van der Waals surface area contributed by atoms with Gasteiger partial charge < -0.3 is 20.1 Å². The molecule has 0 saturated heterocycles. The average Bonchev–Trinajstić information content (AvgIpc) is 3.05.